The zero-order valence-corrected chi connectivity index (χ0v) is 14.3. The van der Waals surface area contributed by atoms with E-state index in [1.807, 2.05) is 13.0 Å². The highest BCUT2D eigenvalue weighted by atomic mass is 16.5. The number of nitrogens with zero attached hydrogens (tertiary/aromatic N) is 2. The number of hydrogen-bond acceptors (Lipinski definition) is 4. The molecular formula is C17H26N4O2. The van der Waals surface area contributed by atoms with Crippen LogP contribution in [-0.2, 0) is 10.2 Å². The van der Waals surface area contributed by atoms with Gasteiger partial charge < -0.3 is 10.1 Å². The monoisotopic (exact) mass is 318 g/mol. The van der Waals surface area contributed by atoms with Gasteiger partial charge in [-0.1, -0.05) is 20.8 Å². The van der Waals surface area contributed by atoms with Crippen molar-refractivity contribution in [3.05, 3.63) is 33.9 Å². The summed E-state index contributed by atoms with van der Waals surface area (Å²) in [5.74, 6) is 0.557. The number of ether oxygens (including phenoxy) is 1. The largest absolute Gasteiger partial charge is 0.381 e. The Morgan fingerprint density at radius 1 is 1.48 bits per heavy atom. The van der Waals surface area contributed by atoms with E-state index in [0.717, 1.165) is 37.6 Å². The van der Waals surface area contributed by atoms with Crippen molar-refractivity contribution < 1.29 is 4.74 Å². The second kappa shape index (κ2) is 6.09. The number of fused-ring (bicyclic) bond motifs is 1. The van der Waals surface area contributed by atoms with Crippen molar-refractivity contribution in [3.63, 3.8) is 0 Å². The van der Waals surface area contributed by atoms with Gasteiger partial charge in [-0.15, -0.1) is 0 Å². The summed E-state index contributed by atoms with van der Waals surface area (Å²) < 4.78 is 6.91. The highest BCUT2D eigenvalue weighted by Crippen LogP contribution is 2.21. The second-order valence-electron chi connectivity index (χ2n) is 7.49. The standard InChI is InChI=1S/C17H26N4O2/c1-11(18-9-12-5-6-23-10-12)13-7-16(22)21-15(19-13)8-14(20-21)17(2,3)4/h7-8,11-12,18,20H,5-6,9-10H2,1-4H3/t11-,12+/m1/s1. The van der Waals surface area contributed by atoms with Crippen molar-refractivity contribution >= 4 is 5.65 Å². The van der Waals surface area contributed by atoms with Crippen LogP contribution < -0.4 is 10.9 Å². The third kappa shape index (κ3) is 3.48. The summed E-state index contributed by atoms with van der Waals surface area (Å²) in [4.78, 5) is 17.0. The molecule has 2 aromatic rings. The van der Waals surface area contributed by atoms with Crippen LogP contribution in [0.2, 0.25) is 0 Å². The lowest BCUT2D eigenvalue weighted by atomic mass is 9.93. The van der Waals surface area contributed by atoms with Gasteiger partial charge in [0.2, 0.25) is 0 Å². The average molecular weight is 318 g/mol. The summed E-state index contributed by atoms with van der Waals surface area (Å²) in [6.45, 7) is 10.9. The number of aromatic amines is 1. The van der Waals surface area contributed by atoms with E-state index in [1.54, 1.807) is 6.07 Å². The van der Waals surface area contributed by atoms with Gasteiger partial charge in [-0.25, -0.2) is 9.50 Å². The van der Waals surface area contributed by atoms with Gasteiger partial charge in [0.25, 0.3) is 5.56 Å². The van der Waals surface area contributed by atoms with Crippen LogP contribution in [-0.4, -0.2) is 34.4 Å². The Labute approximate surface area is 136 Å². The van der Waals surface area contributed by atoms with Crippen molar-refractivity contribution in [1.29, 1.82) is 0 Å². The van der Waals surface area contributed by atoms with Crippen molar-refractivity contribution in [1.82, 2.24) is 19.9 Å². The van der Waals surface area contributed by atoms with E-state index in [1.165, 1.54) is 4.52 Å². The normalized spacial score (nSPS) is 20.3. The number of nitrogens with one attached hydrogen (secondary N) is 2. The lowest BCUT2D eigenvalue weighted by Crippen LogP contribution is -2.28. The zero-order chi connectivity index (χ0) is 16.6. The molecule has 2 aromatic heterocycles. The van der Waals surface area contributed by atoms with Gasteiger partial charge >= 0.3 is 0 Å². The molecule has 1 fully saturated rings. The van der Waals surface area contributed by atoms with E-state index >= 15 is 0 Å². The molecule has 0 radical (unpaired) electrons. The smallest absolute Gasteiger partial charge is 0.272 e. The number of aromatic nitrogens is 3. The second-order valence-corrected chi connectivity index (χ2v) is 7.49. The third-order valence-corrected chi connectivity index (χ3v) is 4.46. The minimum absolute atomic E-state index is 0.0429. The van der Waals surface area contributed by atoms with E-state index < -0.39 is 0 Å². The Balaban J connectivity index is 1.82. The fourth-order valence-corrected chi connectivity index (χ4v) is 2.81. The van der Waals surface area contributed by atoms with Gasteiger partial charge in [0, 0.05) is 42.4 Å². The molecule has 2 atom stereocenters. The molecular weight excluding hydrogens is 292 g/mol. The molecule has 0 bridgehead atoms. The molecule has 1 aliphatic heterocycles. The molecule has 126 valence electrons. The molecule has 6 nitrogen and oxygen atoms in total. The van der Waals surface area contributed by atoms with Crippen LogP contribution in [0.4, 0.5) is 0 Å². The summed E-state index contributed by atoms with van der Waals surface area (Å²) in [5, 5.41) is 6.62. The summed E-state index contributed by atoms with van der Waals surface area (Å²) in [7, 11) is 0. The predicted molar refractivity (Wildman–Crippen MR) is 89.9 cm³/mol. The molecule has 0 amide bonds. The maximum atomic E-state index is 12.3. The van der Waals surface area contributed by atoms with E-state index in [-0.39, 0.29) is 17.0 Å². The van der Waals surface area contributed by atoms with Crippen LogP contribution in [0.25, 0.3) is 5.65 Å². The minimum atomic E-state index is -0.0710. The van der Waals surface area contributed by atoms with Crippen molar-refractivity contribution in [2.45, 2.75) is 45.6 Å². The van der Waals surface area contributed by atoms with Crippen LogP contribution in [0.15, 0.2) is 16.9 Å². The van der Waals surface area contributed by atoms with Gasteiger partial charge in [0.05, 0.1) is 12.3 Å². The van der Waals surface area contributed by atoms with Crippen LogP contribution >= 0.6 is 0 Å². The summed E-state index contributed by atoms with van der Waals surface area (Å²) in [6, 6.07) is 3.61. The van der Waals surface area contributed by atoms with Gasteiger partial charge in [-0.2, -0.15) is 0 Å². The first kappa shape index (κ1) is 16.2. The lowest BCUT2D eigenvalue weighted by Gasteiger charge is -2.15. The van der Waals surface area contributed by atoms with Gasteiger partial charge in [0.15, 0.2) is 5.65 Å². The molecule has 6 heteroatoms. The molecule has 3 heterocycles. The molecule has 1 aliphatic rings. The molecule has 3 rings (SSSR count). The van der Waals surface area contributed by atoms with Gasteiger partial charge in [0.1, 0.15) is 0 Å². The highest BCUT2D eigenvalue weighted by Gasteiger charge is 2.20. The van der Waals surface area contributed by atoms with Gasteiger partial charge in [-0.3, -0.25) is 9.89 Å². The number of hydrogen-bond donors (Lipinski definition) is 2. The maximum Gasteiger partial charge on any atom is 0.272 e. The van der Waals surface area contributed by atoms with Crippen molar-refractivity contribution in [3.8, 4) is 0 Å². The molecule has 23 heavy (non-hydrogen) atoms. The van der Waals surface area contributed by atoms with E-state index in [9.17, 15) is 4.79 Å². The third-order valence-electron chi connectivity index (χ3n) is 4.46. The topological polar surface area (TPSA) is 71.4 Å². The Hall–Kier alpha value is -1.66. The first-order valence-corrected chi connectivity index (χ1v) is 8.29. The molecule has 1 saturated heterocycles. The van der Waals surface area contributed by atoms with E-state index in [0.29, 0.717) is 11.6 Å². The molecule has 2 N–H and O–H groups in total. The molecule has 0 spiro atoms. The van der Waals surface area contributed by atoms with Crippen LogP contribution in [0, 0.1) is 5.92 Å². The minimum Gasteiger partial charge on any atom is -0.381 e. The fraction of sp³-hybridized carbons (Fsp3) is 0.647. The van der Waals surface area contributed by atoms with Crippen LogP contribution in [0.5, 0.6) is 0 Å². The maximum absolute atomic E-state index is 12.3. The Kier molecular flexibility index (Phi) is 4.29. The number of rotatable bonds is 4. The summed E-state index contributed by atoms with van der Waals surface area (Å²) in [5.41, 5.74) is 2.34. The average Bonchev–Trinajstić information content (AvgIpc) is 3.13. The first-order valence-electron chi connectivity index (χ1n) is 8.29. The number of H-pyrrole nitrogens is 1. The lowest BCUT2D eigenvalue weighted by molar-refractivity contribution is 0.184. The highest BCUT2D eigenvalue weighted by molar-refractivity contribution is 5.41. The molecule has 0 unspecified atom stereocenters. The Bertz CT molecular complexity index is 735. The summed E-state index contributed by atoms with van der Waals surface area (Å²) in [6.07, 6.45) is 1.10. The van der Waals surface area contributed by atoms with Crippen LogP contribution in [0.3, 0.4) is 0 Å². The Morgan fingerprint density at radius 3 is 2.91 bits per heavy atom. The Morgan fingerprint density at radius 2 is 2.26 bits per heavy atom. The predicted octanol–water partition coefficient (Wildman–Crippen LogP) is 2.01. The fourth-order valence-electron chi connectivity index (χ4n) is 2.81. The van der Waals surface area contributed by atoms with Crippen molar-refractivity contribution in [2.75, 3.05) is 19.8 Å². The van der Waals surface area contributed by atoms with Crippen LogP contribution in [0.1, 0.15) is 51.5 Å². The first-order chi connectivity index (χ1) is 10.8. The molecule has 0 saturated carbocycles. The van der Waals surface area contributed by atoms with E-state index in [2.05, 4.69) is 36.2 Å². The summed E-state index contributed by atoms with van der Waals surface area (Å²) >= 11 is 0. The quantitative estimate of drug-likeness (QED) is 0.904. The molecule has 0 aliphatic carbocycles. The van der Waals surface area contributed by atoms with Gasteiger partial charge in [-0.05, 0) is 19.3 Å². The van der Waals surface area contributed by atoms with Crippen molar-refractivity contribution in [2.24, 2.45) is 5.92 Å². The zero-order valence-electron chi connectivity index (χ0n) is 14.3. The SMILES string of the molecule is C[C@@H](NC[C@@H]1CCOC1)c1cc(=O)n2[nH]c(C(C)(C)C)cc2n1. The molecule has 0 aromatic carbocycles. The van der Waals surface area contributed by atoms with E-state index in [4.69, 9.17) is 4.74 Å².